The van der Waals surface area contributed by atoms with Crippen molar-refractivity contribution in [1.29, 1.82) is 0 Å². The van der Waals surface area contributed by atoms with Crippen molar-refractivity contribution in [1.82, 2.24) is 20.2 Å². The first kappa shape index (κ1) is 21.4. The third-order valence-corrected chi connectivity index (χ3v) is 6.12. The predicted molar refractivity (Wildman–Crippen MR) is 123 cm³/mol. The number of carbonyl (C=O) groups is 2. The second-order valence-electron chi connectivity index (χ2n) is 8.98. The van der Waals surface area contributed by atoms with Crippen LogP contribution in [0.2, 0.25) is 0 Å². The van der Waals surface area contributed by atoms with Gasteiger partial charge < -0.3 is 15.2 Å². The van der Waals surface area contributed by atoms with Gasteiger partial charge in [0.25, 0.3) is 0 Å². The Bertz CT molecular complexity index is 978. The van der Waals surface area contributed by atoms with Gasteiger partial charge in [0, 0.05) is 19.6 Å². The van der Waals surface area contributed by atoms with E-state index in [2.05, 4.69) is 40.1 Å². The summed E-state index contributed by atoms with van der Waals surface area (Å²) in [6.07, 6.45) is 8.60. The molecule has 1 atom stereocenters. The van der Waals surface area contributed by atoms with E-state index >= 15 is 0 Å². The first-order chi connectivity index (χ1) is 15.0. The van der Waals surface area contributed by atoms with E-state index in [4.69, 9.17) is 0 Å². The number of anilines is 1. The van der Waals surface area contributed by atoms with E-state index in [-0.39, 0.29) is 11.9 Å². The van der Waals surface area contributed by atoms with Crippen LogP contribution in [0.4, 0.5) is 10.7 Å². The maximum Gasteiger partial charge on any atom is 0.324 e. The van der Waals surface area contributed by atoms with E-state index in [0.29, 0.717) is 37.9 Å². The molecular formula is C24H33N5O2. The van der Waals surface area contributed by atoms with E-state index in [1.165, 1.54) is 18.4 Å². The lowest BCUT2D eigenvalue weighted by Crippen LogP contribution is -2.51. The Hall–Kier alpha value is -2.83. The number of amides is 3. The second-order valence-corrected chi connectivity index (χ2v) is 8.98. The van der Waals surface area contributed by atoms with Gasteiger partial charge in [-0.3, -0.25) is 9.69 Å². The number of aromatic nitrogens is 2. The Morgan fingerprint density at radius 2 is 2.00 bits per heavy atom. The number of imidazole rings is 1. The summed E-state index contributed by atoms with van der Waals surface area (Å²) in [6.45, 7) is 6.01. The summed E-state index contributed by atoms with van der Waals surface area (Å²) in [7, 11) is 0. The highest BCUT2D eigenvalue weighted by atomic mass is 16.2. The van der Waals surface area contributed by atoms with Crippen LogP contribution < -0.4 is 15.5 Å². The molecule has 2 N–H and O–H groups in total. The molecular weight excluding hydrogens is 390 g/mol. The van der Waals surface area contributed by atoms with Crippen LogP contribution in [0.5, 0.6) is 0 Å². The van der Waals surface area contributed by atoms with Crippen LogP contribution in [0.15, 0.2) is 35.9 Å². The molecule has 166 valence electrons. The van der Waals surface area contributed by atoms with E-state index in [1.54, 1.807) is 4.90 Å². The molecule has 1 aromatic heterocycles. The summed E-state index contributed by atoms with van der Waals surface area (Å²) in [5, 5.41) is 6.01. The van der Waals surface area contributed by atoms with Crippen LogP contribution in [0.3, 0.4) is 0 Å². The van der Waals surface area contributed by atoms with E-state index in [9.17, 15) is 9.59 Å². The van der Waals surface area contributed by atoms with Gasteiger partial charge in [-0.2, -0.15) is 0 Å². The van der Waals surface area contributed by atoms with Crippen LogP contribution in [0.1, 0.15) is 52.4 Å². The maximum atomic E-state index is 13.1. The molecule has 3 amide bonds. The Labute approximate surface area is 183 Å². The molecule has 2 aromatic rings. The molecule has 0 saturated carbocycles. The van der Waals surface area contributed by atoms with Gasteiger partial charge in [-0.1, -0.05) is 37.6 Å². The van der Waals surface area contributed by atoms with Crippen molar-refractivity contribution >= 4 is 28.9 Å². The molecule has 0 fully saturated rings. The third-order valence-electron chi connectivity index (χ3n) is 6.12. The number of benzene rings is 1. The normalized spacial score (nSPS) is 16.9. The number of nitrogens with zero attached hydrogens (tertiary/aromatic N) is 3. The van der Waals surface area contributed by atoms with Gasteiger partial charge in [-0.05, 0) is 56.6 Å². The lowest BCUT2D eigenvalue weighted by atomic mass is 9.97. The van der Waals surface area contributed by atoms with Gasteiger partial charge in [0.1, 0.15) is 6.04 Å². The fourth-order valence-electron chi connectivity index (χ4n) is 4.51. The summed E-state index contributed by atoms with van der Waals surface area (Å²) >= 11 is 0. The number of urea groups is 1. The van der Waals surface area contributed by atoms with Crippen LogP contribution >= 0.6 is 0 Å². The molecule has 0 saturated heterocycles. The fraction of sp³-hybridized carbons (Fsp3) is 0.542. The monoisotopic (exact) mass is 423 g/mol. The van der Waals surface area contributed by atoms with Gasteiger partial charge in [-0.25, -0.2) is 9.78 Å². The van der Waals surface area contributed by atoms with Crippen LogP contribution in [-0.2, 0) is 11.3 Å². The number of nitrogens with one attached hydrogen (secondary N) is 2. The van der Waals surface area contributed by atoms with Crippen LogP contribution in [0, 0.1) is 5.92 Å². The number of hydrogen-bond acceptors (Lipinski definition) is 3. The zero-order chi connectivity index (χ0) is 21.8. The zero-order valence-corrected chi connectivity index (χ0v) is 18.6. The van der Waals surface area contributed by atoms with Gasteiger partial charge >= 0.3 is 6.03 Å². The fourth-order valence-corrected chi connectivity index (χ4v) is 4.51. The molecule has 7 heteroatoms. The van der Waals surface area contributed by atoms with Crippen molar-refractivity contribution in [2.45, 2.75) is 65.0 Å². The molecule has 0 spiro atoms. The average Bonchev–Trinajstić information content (AvgIpc) is 3.33. The summed E-state index contributed by atoms with van der Waals surface area (Å²) in [6, 6.07) is 7.09. The van der Waals surface area contributed by atoms with Crippen LogP contribution in [-0.4, -0.2) is 40.6 Å². The predicted octanol–water partition coefficient (Wildman–Crippen LogP) is 3.99. The summed E-state index contributed by atoms with van der Waals surface area (Å²) in [5.74, 6) is 0.832. The van der Waals surface area contributed by atoms with Gasteiger partial charge in [0.05, 0.1) is 11.0 Å². The highest BCUT2D eigenvalue weighted by Gasteiger charge is 2.31. The summed E-state index contributed by atoms with van der Waals surface area (Å²) < 4.78 is 2.06. The number of fused-ring (bicyclic) bond motifs is 3. The first-order valence-electron chi connectivity index (χ1n) is 11.5. The van der Waals surface area contributed by atoms with E-state index in [0.717, 1.165) is 30.3 Å². The number of hydrogen-bond donors (Lipinski definition) is 2. The van der Waals surface area contributed by atoms with Crippen molar-refractivity contribution in [2.24, 2.45) is 5.92 Å². The van der Waals surface area contributed by atoms with Crippen molar-refractivity contribution < 1.29 is 9.59 Å². The quantitative estimate of drug-likeness (QED) is 0.661. The molecule has 1 aliphatic carbocycles. The molecule has 31 heavy (non-hydrogen) atoms. The topological polar surface area (TPSA) is 79.3 Å². The number of rotatable bonds is 7. The second kappa shape index (κ2) is 9.54. The zero-order valence-electron chi connectivity index (χ0n) is 18.6. The highest BCUT2D eigenvalue weighted by molar-refractivity contribution is 5.96. The van der Waals surface area contributed by atoms with Gasteiger partial charge in [0.2, 0.25) is 11.9 Å². The molecule has 0 radical (unpaired) electrons. The summed E-state index contributed by atoms with van der Waals surface area (Å²) in [4.78, 5) is 32.2. The number of para-hydroxylation sites is 2. The molecule has 0 unspecified atom stereocenters. The first-order valence-corrected chi connectivity index (χ1v) is 11.5. The molecule has 2 aliphatic rings. The number of allylic oxidation sites excluding steroid dienone is 1. The van der Waals surface area contributed by atoms with Gasteiger partial charge in [0.15, 0.2) is 0 Å². The lowest BCUT2D eigenvalue weighted by molar-refractivity contribution is -0.123. The molecule has 0 bridgehead atoms. The minimum Gasteiger partial charge on any atom is -0.354 e. The largest absolute Gasteiger partial charge is 0.354 e. The van der Waals surface area contributed by atoms with Crippen molar-refractivity contribution in [3.63, 3.8) is 0 Å². The minimum absolute atomic E-state index is 0.105. The van der Waals surface area contributed by atoms with Crippen molar-refractivity contribution in [3.05, 3.63) is 35.9 Å². The third kappa shape index (κ3) is 4.92. The Morgan fingerprint density at radius 1 is 1.16 bits per heavy atom. The Balaban J connectivity index is 1.39. The Morgan fingerprint density at radius 3 is 2.77 bits per heavy atom. The van der Waals surface area contributed by atoms with Crippen molar-refractivity contribution in [3.8, 4) is 0 Å². The van der Waals surface area contributed by atoms with Gasteiger partial charge in [-0.15, -0.1) is 0 Å². The summed E-state index contributed by atoms with van der Waals surface area (Å²) in [5.41, 5.74) is 3.34. The SMILES string of the molecule is CC(C)C[C@H](NC(=O)N1CCn2c1nc1ccccc12)C(=O)NCCC1=CCCCC1. The Kier molecular flexibility index (Phi) is 6.59. The molecule has 4 rings (SSSR count). The maximum absolute atomic E-state index is 13.1. The number of carbonyl (C=O) groups excluding carboxylic acids is 2. The average molecular weight is 424 g/mol. The van der Waals surface area contributed by atoms with Crippen molar-refractivity contribution in [2.75, 3.05) is 18.0 Å². The minimum atomic E-state index is -0.550. The smallest absolute Gasteiger partial charge is 0.324 e. The van der Waals surface area contributed by atoms with Crippen LogP contribution in [0.25, 0.3) is 11.0 Å². The lowest BCUT2D eigenvalue weighted by Gasteiger charge is -2.23. The van der Waals surface area contributed by atoms with E-state index < -0.39 is 6.04 Å². The standard InChI is InChI=1S/C24H33N5O2/c1-17(2)16-20(22(30)25-13-12-18-8-4-3-5-9-18)27-24(31)29-15-14-28-21-11-7-6-10-19(21)26-23(28)29/h6-8,10-11,17,20H,3-5,9,12-16H2,1-2H3,(H,25,30)(H,27,31)/t20-/m0/s1. The molecule has 1 aliphatic heterocycles. The molecule has 1 aromatic carbocycles. The molecule has 7 nitrogen and oxygen atoms in total. The van der Waals surface area contributed by atoms with E-state index in [1.807, 2.05) is 24.3 Å². The molecule has 2 heterocycles. The highest BCUT2D eigenvalue weighted by Crippen LogP contribution is 2.27.